The van der Waals surface area contributed by atoms with Crippen LogP contribution in [0.2, 0.25) is 0 Å². The Labute approximate surface area is 377 Å². The molecule has 0 amide bonds. The van der Waals surface area contributed by atoms with Crippen molar-refractivity contribution in [2.24, 2.45) is 0 Å². The first-order chi connectivity index (χ1) is 21.9. The van der Waals surface area contributed by atoms with Gasteiger partial charge in [0.25, 0.3) is 10.1 Å². The first kappa shape index (κ1) is 40.6. The Morgan fingerprint density at radius 3 is 1.30 bits per heavy atom. The molecule has 10 nitrogen and oxygen atoms in total. The number of benzene rings is 4. The van der Waals surface area contributed by atoms with Crippen molar-refractivity contribution in [3.63, 3.8) is 0 Å². The van der Waals surface area contributed by atoms with Crippen molar-refractivity contribution in [1.82, 2.24) is 0 Å². The van der Waals surface area contributed by atoms with E-state index in [4.69, 9.17) is 18.9 Å². The molecule has 0 aromatic heterocycles. The van der Waals surface area contributed by atoms with Gasteiger partial charge in [0.05, 0.1) is 23.8 Å². The van der Waals surface area contributed by atoms with E-state index in [2.05, 4.69) is 45.2 Å². The summed E-state index contributed by atoms with van der Waals surface area (Å²) in [7, 11) is -3.25. The lowest BCUT2D eigenvalue weighted by molar-refractivity contribution is 0.0697. The Bertz CT molecular complexity index is 1920. The first-order valence-corrected chi connectivity index (χ1v) is 22.1. The molecule has 0 saturated carbocycles. The molecule has 1 N–H and O–H groups in total. The van der Waals surface area contributed by atoms with E-state index in [1.54, 1.807) is 69.4 Å². The number of rotatable bonds is 8. The molecule has 0 atom stereocenters. The number of ether oxygens (including phenoxy) is 4. The summed E-state index contributed by atoms with van der Waals surface area (Å²) in [6.45, 7) is 0. The highest BCUT2D eigenvalue weighted by Gasteiger charge is 2.27. The van der Waals surface area contributed by atoms with E-state index in [1.807, 2.05) is 90.4 Å². The average molecular weight is 1560 g/mol. The van der Waals surface area contributed by atoms with Gasteiger partial charge in [0.1, 0.15) is 10.6 Å². The number of carbonyl (C=O) groups excluding carboxylic acids is 3. The van der Waals surface area contributed by atoms with Gasteiger partial charge in [-0.3, -0.25) is 4.55 Å². The highest BCUT2D eigenvalue weighted by Crippen LogP contribution is 2.41. The van der Waals surface area contributed by atoms with E-state index in [0.29, 0.717) is 14.3 Å². The van der Waals surface area contributed by atoms with Crippen molar-refractivity contribution < 1.29 is 46.3 Å². The highest BCUT2D eigenvalue weighted by molar-refractivity contribution is 14.1. The fourth-order valence-corrected chi connectivity index (χ4v) is 15.9. The molecule has 19 heteroatoms. The van der Waals surface area contributed by atoms with Gasteiger partial charge in [-0.15, -0.1) is 0 Å². The Kier molecular flexibility index (Phi) is 14.8. The molecule has 0 fully saturated rings. The lowest BCUT2D eigenvalue weighted by Crippen LogP contribution is -2.17. The normalized spacial score (nSPS) is 11.2. The minimum absolute atomic E-state index is 0.0323. The van der Waals surface area contributed by atoms with Crippen molar-refractivity contribution >= 4 is 209 Å². The predicted octanol–water partition coefficient (Wildman–Crippen LogP) is 9.44. The zero-order chi connectivity index (χ0) is 35.0. The Balaban J connectivity index is 1.82. The number of hydrogen-bond acceptors (Lipinski definition) is 9. The van der Waals surface area contributed by atoms with Gasteiger partial charge in [0, 0.05) is 28.6 Å². The fraction of sp³-hybridized carbons (Fsp3) is 0.0357. The molecule has 0 aliphatic carbocycles. The van der Waals surface area contributed by atoms with Gasteiger partial charge in [0.15, 0.2) is 11.5 Å². The van der Waals surface area contributed by atoms with Crippen LogP contribution in [-0.2, 0) is 10.1 Å². The molecular formula is C28H12I8O10S. The van der Waals surface area contributed by atoms with Crippen LogP contribution in [-0.4, -0.2) is 38.0 Å². The summed E-state index contributed by atoms with van der Waals surface area (Å²) in [5, 5.41) is 0. The van der Waals surface area contributed by atoms with E-state index in [0.717, 1.165) is 7.14 Å². The van der Waals surface area contributed by atoms with Crippen LogP contribution in [0.4, 0.5) is 0 Å². The van der Waals surface area contributed by atoms with Crippen molar-refractivity contribution in [1.29, 1.82) is 0 Å². The fourth-order valence-electron chi connectivity index (χ4n) is 3.83. The van der Waals surface area contributed by atoms with E-state index >= 15 is 0 Å². The van der Waals surface area contributed by atoms with Crippen LogP contribution < -0.4 is 18.9 Å². The maximum Gasteiger partial charge on any atom is 0.345 e. The summed E-state index contributed by atoms with van der Waals surface area (Å²) >= 11 is 15.8. The quantitative estimate of drug-likeness (QED) is 0.0785. The summed E-state index contributed by atoms with van der Waals surface area (Å²) in [4.78, 5) is 40.1. The van der Waals surface area contributed by atoms with Crippen molar-refractivity contribution in [3.05, 3.63) is 93.8 Å². The lowest BCUT2D eigenvalue weighted by atomic mass is 10.1. The first-order valence-electron chi connectivity index (χ1n) is 12.1. The molecule has 0 bridgehead atoms. The number of methoxy groups -OCH3 is 1. The molecule has 0 saturated heterocycles. The topological polar surface area (TPSA) is 142 Å². The van der Waals surface area contributed by atoms with Gasteiger partial charge in [-0.25, -0.2) is 14.4 Å². The molecule has 4 rings (SSSR count). The van der Waals surface area contributed by atoms with Gasteiger partial charge in [-0.2, -0.15) is 8.42 Å². The van der Waals surface area contributed by atoms with Gasteiger partial charge in [-0.1, -0.05) is 0 Å². The third-order valence-corrected chi connectivity index (χ3v) is 13.8. The maximum absolute atomic E-state index is 13.5. The van der Waals surface area contributed by atoms with Crippen LogP contribution >= 0.6 is 181 Å². The predicted molar refractivity (Wildman–Crippen MR) is 239 cm³/mol. The summed E-state index contributed by atoms with van der Waals surface area (Å²) in [6.07, 6.45) is 0. The zero-order valence-electron chi connectivity index (χ0n) is 22.7. The van der Waals surface area contributed by atoms with Crippen LogP contribution in [0.15, 0.2) is 53.4 Å². The standard InChI is InChI=1S/C28H12I8O10S/c1-43-24-20(45-27(38)22-14(31)4-11(29)5-15(22)32)2-10(3-21(24)46-28(39)23-16(33)6-12(30)7-17(23)34)26(37)44-13-8-18(35)25(19(36)9-13)47(40,41)42/h2-9H,1H3,(H,40,41,42). The third-order valence-electron chi connectivity index (χ3n) is 5.73. The van der Waals surface area contributed by atoms with Gasteiger partial charge in [-0.05, 0) is 229 Å². The van der Waals surface area contributed by atoms with Crippen molar-refractivity contribution in [2.45, 2.75) is 4.90 Å². The summed E-state index contributed by atoms with van der Waals surface area (Å²) in [5.41, 5.74) is 0.386. The second-order valence-electron chi connectivity index (χ2n) is 8.85. The summed E-state index contributed by atoms with van der Waals surface area (Å²) in [5.74, 6) is -3.06. The van der Waals surface area contributed by atoms with Crippen LogP contribution in [0, 0.1) is 28.6 Å². The van der Waals surface area contributed by atoms with Gasteiger partial charge < -0.3 is 18.9 Å². The minimum Gasteiger partial charge on any atom is -0.490 e. The van der Waals surface area contributed by atoms with Crippen molar-refractivity contribution in [2.75, 3.05) is 7.11 Å². The van der Waals surface area contributed by atoms with E-state index in [1.165, 1.54) is 31.4 Å². The molecule has 0 aliphatic rings. The molecule has 246 valence electrons. The number of carbonyl (C=O) groups is 3. The van der Waals surface area contributed by atoms with Crippen LogP contribution in [0.25, 0.3) is 0 Å². The molecule has 0 spiro atoms. The third kappa shape index (κ3) is 10.0. The molecule has 0 unspecified atom stereocenters. The highest BCUT2D eigenvalue weighted by atomic mass is 127. The van der Waals surface area contributed by atoms with E-state index < -0.39 is 28.0 Å². The Hall–Kier alpha value is 0.840. The maximum atomic E-state index is 13.5. The molecule has 4 aromatic rings. The van der Waals surface area contributed by atoms with Gasteiger partial charge in [0.2, 0.25) is 5.75 Å². The smallest absolute Gasteiger partial charge is 0.345 e. The van der Waals surface area contributed by atoms with Crippen LogP contribution in [0.5, 0.6) is 23.0 Å². The summed E-state index contributed by atoms with van der Waals surface area (Å²) < 4.78 is 60.4. The Morgan fingerprint density at radius 1 is 0.574 bits per heavy atom. The average Bonchev–Trinajstić information content (AvgIpc) is 2.90. The monoisotopic (exact) mass is 1560 g/mol. The largest absolute Gasteiger partial charge is 0.490 e. The summed E-state index contributed by atoms with van der Waals surface area (Å²) in [6, 6.07) is 12.2. The Morgan fingerprint density at radius 2 is 0.957 bits per heavy atom. The van der Waals surface area contributed by atoms with Crippen molar-refractivity contribution in [3.8, 4) is 23.0 Å². The molecule has 0 aliphatic heterocycles. The number of esters is 3. The van der Waals surface area contributed by atoms with E-state index in [-0.39, 0.29) is 51.7 Å². The molecule has 47 heavy (non-hydrogen) atoms. The lowest BCUT2D eigenvalue weighted by Gasteiger charge is -2.17. The number of halogens is 8. The molecule has 4 aromatic carbocycles. The van der Waals surface area contributed by atoms with Crippen LogP contribution in [0.3, 0.4) is 0 Å². The second kappa shape index (κ2) is 17.1. The minimum atomic E-state index is -4.54. The second-order valence-corrected chi connectivity index (χ2v) is 19.7. The number of hydrogen-bond donors (Lipinski definition) is 1. The van der Waals surface area contributed by atoms with Crippen LogP contribution in [0.1, 0.15) is 31.1 Å². The SMILES string of the molecule is COc1c(OC(=O)c2c(I)cc(I)cc2I)cc(C(=O)Oc2cc(I)c(S(=O)(=O)O)c(I)c2)cc1OC(=O)c1c(I)cc(I)cc1I. The molecule has 0 heterocycles. The molecule has 0 radical (unpaired) electrons. The van der Waals surface area contributed by atoms with Gasteiger partial charge >= 0.3 is 17.9 Å². The molecular weight excluding hydrogens is 1540 g/mol. The zero-order valence-corrected chi connectivity index (χ0v) is 40.7. The van der Waals surface area contributed by atoms with E-state index in [9.17, 15) is 27.4 Å².